The summed E-state index contributed by atoms with van der Waals surface area (Å²) in [6.45, 7) is 1.63. The van der Waals surface area contributed by atoms with Crippen LogP contribution in [-0.4, -0.2) is 17.1 Å². The van der Waals surface area contributed by atoms with Gasteiger partial charge in [-0.15, -0.1) is 0 Å². The monoisotopic (exact) mass is 225 g/mol. The summed E-state index contributed by atoms with van der Waals surface area (Å²) in [4.78, 5) is 10.6. The molecule has 2 atom stereocenters. The number of aliphatic carboxylic acids is 1. The number of carbonyl (C=O) groups is 1. The lowest BCUT2D eigenvalue weighted by atomic mass is 9.97. The Kier molecular flexibility index (Phi) is 4.43. The first-order valence-corrected chi connectivity index (χ1v) is 5.22. The summed E-state index contributed by atoms with van der Waals surface area (Å²) in [5, 5.41) is 8.73. The van der Waals surface area contributed by atoms with Crippen LogP contribution in [-0.2, 0) is 11.2 Å². The van der Waals surface area contributed by atoms with Crippen molar-refractivity contribution in [1.82, 2.24) is 0 Å². The fourth-order valence-electron chi connectivity index (χ4n) is 1.56. The van der Waals surface area contributed by atoms with E-state index in [4.69, 9.17) is 10.8 Å². The molecule has 0 radical (unpaired) electrons. The Bertz CT molecular complexity index is 351. The van der Waals surface area contributed by atoms with Crippen LogP contribution in [0.5, 0.6) is 0 Å². The first kappa shape index (κ1) is 12.6. The third kappa shape index (κ3) is 3.98. The van der Waals surface area contributed by atoms with Gasteiger partial charge in [0.15, 0.2) is 0 Å². The van der Waals surface area contributed by atoms with Crippen LogP contribution in [0.1, 0.15) is 18.9 Å². The van der Waals surface area contributed by atoms with Crippen LogP contribution >= 0.6 is 0 Å². The first-order chi connectivity index (χ1) is 7.49. The van der Waals surface area contributed by atoms with Gasteiger partial charge in [0.05, 0.1) is 5.92 Å². The molecule has 4 heteroatoms. The van der Waals surface area contributed by atoms with E-state index in [-0.39, 0.29) is 11.9 Å². The quantitative estimate of drug-likeness (QED) is 0.803. The van der Waals surface area contributed by atoms with Crippen molar-refractivity contribution >= 4 is 5.97 Å². The lowest BCUT2D eigenvalue weighted by Gasteiger charge is -2.14. The fraction of sp³-hybridized carbons (Fsp3) is 0.417. The van der Waals surface area contributed by atoms with Crippen LogP contribution in [0.25, 0.3) is 0 Å². The molecule has 0 amide bonds. The van der Waals surface area contributed by atoms with Gasteiger partial charge >= 0.3 is 5.97 Å². The van der Waals surface area contributed by atoms with Gasteiger partial charge in [-0.05, 0) is 30.5 Å². The zero-order chi connectivity index (χ0) is 12.1. The van der Waals surface area contributed by atoms with E-state index in [2.05, 4.69) is 0 Å². The lowest BCUT2D eigenvalue weighted by molar-refractivity contribution is -0.141. The second kappa shape index (κ2) is 5.61. The Morgan fingerprint density at radius 3 is 2.50 bits per heavy atom. The standard InChI is InChI=1S/C12H16FNO2/c1-8(12(15)16)6-11(14)7-9-2-4-10(13)5-3-9/h2-5,8,11H,6-7,14H2,1H3,(H,15,16)/t8-,11?/m0/s1. The van der Waals surface area contributed by atoms with Crippen molar-refractivity contribution < 1.29 is 14.3 Å². The molecule has 16 heavy (non-hydrogen) atoms. The number of nitrogens with two attached hydrogens (primary N) is 1. The van der Waals surface area contributed by atoms with Gasteiger partial charge in [-0.2, -0.15) is 0 Å². The van der Waals surface area contributed by atoms with Gasteiger partial charge in [-0.1, -0.05) is 19.1 Å². The van der Waals surface area contributed by atoms with E-state index in [0.29, 0.717) is 12.8 Å². The molecule has 0 aromatic heterocycles. The molecule has 3 nitrogen and oxygen atoms in total. The number of carboxylic acid groups (broad SMARTS) is 1. The van der Waals surface area contributed by atoms with E-state index in [0.717, 1.165) is 5.56 Å². The minimum absolute atomic E-state index is 0.212. The maximum absolute atomic E-state index is 12.6. The summed E-state index contributed by atoms with van der Waals surface area (Å²) in [6, 6.07) is 5.88. The van der Waals surface area contributed by atoms with E-state index in [9.17, 15) is 9.18 Å². The minimum Gasteiger partial charge on any atom is -0.481 e. The van der Waals surface area contributed by atoms with Crippen LogP contribution < -0.4 is 5.73 Å². The maximum Gasteiger partial charge on any atom is 0.306 e. The van der Waals surface area contributed by atoms with Gasteiger partial charge in [0.25, 0.3) is 0 Å². The summed E-state index contributed by atoms with van der Waals surface area (Å²) in [5.74, 6) is -1.57. The van der Waals surface area contributed by atoms with E-state index in [1.807, 2.05) is 0 Å². The first-order valence-electron chi connectivity index (χ1n) is 5.22. The van der Waals surface area contributed by atoms with Crippen molar-refractivity contribution in [2.75, 3.05) is 0 Å². The molecule has 1 rings (SSSR count). The minimum atomic E-state index is -0.838. The smallest absolute Gasteiger partial charge is 0.306 e. The highest BCUT2D eigenvalue weighted by atomic mass is 19.1. The Morgan fingerprint density at radius 2 is 2.00 bits per heavy atom. The SMILES string of the molecule is C[C@@H](CC(N)Cc1ccc(F)cc1)C(=O)O. The predicted octanol–water partition coefficient (Wildman–Crippen LogP) is 1.81. The van der Waals surface area contributed by atoms with Crippen molar-refractivity contribution in [3.8, 4) is 0 Å². The molecule has 0 aliphatic heterocycles. The predicted molar refractivity (Wildman–Crippen MR) is 59.5 cm³/mol. The van der Waals surface area contributed by atoms with Gasteiger partial charge in [-0.3, -0.25) is 4.79 Å². The Morgan fingerprint density at radius 1 is 1.44 bits per heavy atom. The zero-order valence-electron chi connectivity index (χ0n) is 9.19. The maximum atomic E-state index is 12.6. The highest BCUT2D eigenvalue weighted by Gasteiger charge is 2.15. The molecule has 0 saturated carbocycles. The number of hydrogen-bond donors (Lipinski definition) is 2. The van der Waals surface area contributed by atoms with Crippen LogP contribution in [0.15, 0.2) is 24.3 Å². The molecule has 0 aliphatic rings. The molecular formula is C12H16FNO2. The molecular weight excluding hydrogens is 209 g/mol. The van der Waals surface area contributed by atoms with Gasteiger partial charge in [0, 0.05) is 6.04 Å². The average Bonchev–Trinajstić information content (AvgIpc) is 2.21. The van der Waals surface area contributed by atoms with E-state index in [1.54, 1.807) is 19.1 Å². The lowest BCUT2D eigenvalue weighted by Crippen LogP contribution is -2.28. The van der Waals surface area contributed by atoms with Gasteiger partial charge in [-0.25, -0.2) is 4.39 Å². The number of carboxylic acids is 1. The number of rotatable bonds is 5. The highest BCUT2D eigenvalue weighted by Crippen LogP contribution is 2.10. The van der Waals surface area contributed by atoms with Crippen LogP contribution in [0.4, 0.5) is 4.39 Å². The van der Waals surface area contributed by atoms with Crippen LogP contribution in [0.3, 0.4) is 0 Å². The number of benzene rings is 1. The van der Waals surface area contributed by atoms with Crippen molar-refractivity contribution in [2.45, 2.75) is 25.8 Å². The third-order valence-corrected chi connectivity index (χ3v) is 2.49. The van der Waals surface area contributed by atoms with Crippen molar-refractivity contribution in [3.05, 3.63) is 35.6 Å². The largest absolute Gasteiger partial charge is 0.481 e. The Balaban J connectivity index is 2.48. The average molecular weight is 225 g/mol. The summed E-state index contributed by atoms with van der Waals surface area (Å²) >= 11 is 0. The van der Waals surface area contributed by atoms with Crippen molar-refractivity contribution in [1.29, 1.82) is 0 Å². The molecule has 3 N–H and O–H groups in total. The Hall–Kier alpha value is -1.42. The summed E-state index contributed by atoms with van der Waals surface area (Å²) in [6.07, 6.45) is 0.991. The molecule has 1 aromatic rings. The molecule has 1 aromatic carbocycles. The summed E-state index contributed by atoms with van der Waals surface area (Å²) < 4.78 is 12.6. The normalized spacial score (nSPS) is 14.4. The number of hydrogen-bond acceptors (Lipinski definition) is 2. The van der Waals surface area contributed by atoms with Gasteiger partial charge < -0.3 is 10.8 Å². The molecule has 0 saturated heterocycles. The van der Waals surface area contributed by atoms with Crippen LogP contribution in [0, 0.1) is 11.7 Å². The molecule has 0 heterocycles. The zero-order valence-corrected chi connectivity index (χ0v) is 9.19. The highest BCUT2D eigenvalue weighted by molar-refractivity contribution is 5.69. The third-order valence-electron chi connectivity index (χ3n) is 2.49. The number of halogens is 1. The summed E-state index contributed by atoms with van der Waals surface area (Å²) in [7, 11) is 0. The van der Waals surface area contributed by atoms with Crippen molar-refractivity contribution in [3.63, 3.8) is 0 Å². The molecule has 1 unspecified atom stereocenters. The molecule has 0 bridgehead atoms. The topological polar surface area (TPSA) is 63.3 Å². The van der Waals surface area contributed by atoms with Gasteiger partial charge in [0.1, 0.15) is 5.82 Å². The second-order valence-corrected chi connectivity index (χ2v) is 4.07. The van der Waals surface area contributed by atoms with E-state index < -0.39 is 11.9 Å². The van der Waals surface area contributed by atoms with E-state index in [1.165, 1.54) is 12.1 Å². The molecule has 88 valence electrons. The van der Waals surface area contributed by atoms with E-state index >= 15 is 0 Å². The van der Waals surface area contributed by atoms with Crippen LogP contribution in [0.2, 0.25) is 0 Å². The fourth-order valence-corrected chi connectivity index (χ4v) is 1.56. The van der Waals surface area contributed by atoms with Gasteiger partial charge in [0.2, 0.25) is 0 Å². The molecule has 0 aliphatic carbocycles. The summed E-state index contributed by atoms with van der Waals surface area (Å²) in [5.41, 5.74) is 6.75. The second-order valence-electron chi connectivity index (χ2n) is 4.07. The molecule has 0 fully saturated rings. The Labute approximate surface area is 94.1 Å². The molecule has 0 spiro atoms. The van der Waals surface area contributed by atoms with Crippen molar-refractivity contribution in [2.24, 2.45) is 11.7 Å².